The molecule has 7 heteroatoms. The van der Waals surface area contributed by atoms with Gasteiger partial charge in [-0.1, -0.05) is 12.1 Å². The van der Waals surface area contributed by atoms with Crippen molar-refractivity contribution in [2.24, 2.45) is 0 Å². The molecule has 5 rings (SSSR count). The monoisotopic (exact) mass is 447 g/mol. The number of nitrogens with zero attached hydrogens (tertiary/aromatic N) is 1. The molecule has 3 aromatic rings. The van der Waals surface area contributed by atoms with Crippen LogP contribution in [0.4, 0.5) is 5.82 Å². The van der Waals surface area contributed by atoms with Gasteiger partial charge in [0.1, 0.15) is 5.82 Å². The molecule has 0 radical (unpaired) electrons. The molecule has 0 saturated carbocycles. The van der Waals surface area contributed by atoms with Crippen LogP contribution in [0.5, 0.6) is 0 Å². The van der Waals surface area contributed by atoms with Gasteiger partial charge >= 0.3 is 0 Å². The summed E-state index contributed by atoms with van der Waals surface area (Å²) in [5, 5.41) is 12.4. The van der Waals surface area contributed by atoms with Crippen LogP contribution in [0, 0.1) is 0 Å². The van der Waals surface area contributed by atoms with Gasteiger partial charge in [0.05, 0.1) is 0 Å². The zero-order chi connectivity index (χ0) is 21.4. The number of hydrogen-bond acceptors (Lipinski definition) is 6. The number of carbonyl (C=O) groups excluding carboxylic acids is 2. The lowest BCUT2D eigenvalue weighted by Gasteiger charge is -2.36. The maximum atomic E-state index is 13.4. The van der Waals surface area contributed by atoms with Crippen molar-refractivity contribution < 1.29 is 9.59 Å². The highest BCUT2D eigenvalue weighted by molar-refractivity contribution is 7.10. The molecule has 2 atom stereocenters. The van der Waals surface area contributed by atoms with Gasteiger partial charge in [0, 0.05) is 51.9 Å². The first kappa shape index (κ1) is 19.9. The third kappa shape index (κ3) is 3.75. The summed E-state index contributed by atoms with van der Waals surface area (Å²) in [6.07, 6.45) is 2.88. The van der Waals surface area contributed by atoms with E-state index in [-0.39, 0.29) is 23.5 Å². The van der Waals surface area contributed by atoms with Gasteiger partial charge < -0.3 is 10.6 Å². The van der Waals surface area contributed by atoms with Crippen LogP contribution in [0.15, 0.2) is 81.3 Å². The smallest absolute Gasteiger partial charge is 0.255 e. The molecule has 1 aliphatic heterocycles. The molecule has 2 N–H and O–H groups in total. The van der Waals surface area contributed by atoms with E-state index in [0.717, 1.165) is 29.0 Å². The maximum Gasteiger partial charge on any atom is 0.255 e. The number of dihydropyridines is 1. The second kappa shape index (κ2) is 8.24. The Balaban J connectivity index is 1.54. The molecule has 0 fully saturated rings. The second-order valence-electron chi connectivity index (χ2n) is 7.76. The van der Waals surface area contributed by atoms with E-state index in [4.69, 9.17) is 0 Å². The highest BCUT2D eigenvalue weighted by Crippen LogP contribution is 2.46. The first-order valence-corrected chi connectivity index (χ1v) is 12.0. The number of aromatic nitrogens is 1. The van der Waals surface area contributed by atoms with Crippen molar-refractivity contribution in [1.82, 2.24) is 10.3 Å². The fourth-order valence-corrected chi connectivity index (χ4v) is 5.97. The first-order chi connectivity index (χ1) is 15.1. The molecule has 31 heavy (non-hydrogen) atoms. The summed E-state index contributed by atoms with van der Waals surface area (Å²) in [5.41, 5.74) is 4.00. The van der Waals surface area contributed by atoms with Gasteiger partial charge in [-0.15, -0.1) is 11.3 Å². The van der Waals surface area contributed by atoms with Crippen LogP contribution in [0.25, 0.3) is 0 Å². The highest BCUT2D eigenvalue weighted by Gasteiger charge is 2.41. The van der Waals surface area contributed by atoms with Gasteiger partial charge in [-0.05, 0) is 59.3 Å². The number of amides is 1. The standard InChI is InChI=1S/C24H21N3O2S2/c1-14-21(24(29)27-20-6-2-3-8-25-20)22(15-7-10-30-13-15)23-17(26-14)11-16(12-18(23)28)19-5-4-9-31-19/h2-10,13,16,22,26H,11-12H2,1H3,(H,25,27,29). The summed E-state index contributed by atoms with van der Waals surface area (Å²) in [4.78, 5) is 32.2. The molecule has 5 nitrogen and oxygen atoms in total. The van der Waals surface area contributed by atoms with Crippen LogP contribution in [-0.2, 0) is 9.59 Å². The normalized spacial score (nSPS) is 21.0. The van der Waals surface area contributed by atoms with Crippen molar-refractivity contribution in [1.29, 1.82) is 0 Å². The molecule has 0 aromatic carbocycles. The number of allylic oxidation sites excluding steroid dienone is 3. The maximum absolute atomic E-state index is 13.4. The Morgan fingerprint density at radius 3 is 2.77 bits per heavy atom. The predicted octanol–water partition coefficient (Wildman–Crippen LogP) is 5.20. The Hall–Kier alpha value is -3.03. The number of Topliss-reactive ketones (excluding diaryl/α,β-unsaturated/α-hetero) is 1. The molecule has 3 aromatic heterocycles. The molecular weight excluding hydrogens is 426 g/mol. The van der Waals surface area contributed by atoms with Gasteiger partial charge in [0.15, 0.2) is 5.78 Å². The van der Waals surface area contributed by atoms with Crippen molar-refractivity contribution in [2.75, 3.05) is 5.32 Å². The molecule has 4 heterocycles. The molecule has 0 spiro atoms. The summed E-state index contributed by atoms with van der Waals surface area (Å²) in [7, 11) is 0. The highest BCUT2D eigenvalue weighted by atomic mass is 32.1. The Bertz CT molecular complexity index is 1180. The van der Waals surface area contributed by atoms with Crippen LogP contribution in [0.2, 0.25) is 0 Å². The lowest BCUT2D eigenvalue weighted by molar-refractivity contribution is -0.116. The van der Waals surface area contributed by atoms with Crippen molar-refractivity contribution in [3.8, 4) is 0 Å². The summed E-state index contributed by atoms with van der Waals surface area (Å²) in [6, 6.07) is 11.5. The van der Waals surface area contributed by atoms with E-state index in [1.54, 1.807) is 41.0 Å². The minimum atomic E-state index is -0.372. The second-order valence-corrected chi connectivity index (χ2v) is 9.52. The number of rotatable bonds is 4. The first-order valence-electron chi connectivity index (χ1n) is 10.1. The molecule has 0 saturated heterocycles. The lowest BCUT2D eigenvalue weighted by atomic mass is 9.73. The van der Waals surface area contributed by atoms with Crippen molar-refractivity contribution in [3.05, 3.63) is 91.7 Å². The van der Waals surface area contributed by atoms with Crippen LogP contribution < -0.4 is 10.6 Å². The average Bonchev–Trinajstić information content (AvgIpc) is 3.47. The van der Waals surface area contributed by atoms with Crippen LogP contribution in [-0.4, -0.2) is 16.7 Å². The van der Waals surface area contributed by atoms with Gasteiger partial charge in [0.25, 0.3) is 5.91 Å². The Labute approximate surface area is 188 Å². The zero-order valence-corrected chi connectivity index (χ0v) is 18.6. The van der Waals surface area contributed by atoms with E-state index in [0.29, 0.717) is 17.8 Å². The Kier molecular flexibility index (Phi) is 5.29. The molecule has 0 bridgehead atoms. The number of thiophene rings is 2. The average molecular weight is 448 g/mol. The fraction of sp³-hybridized carbons (Fsp3) is 0.208. The molecular formula is C24H21N3O2S2. The number of carbonyl (C=O) groups is 2. The van der Waals surface area contributed by atoms with E-state index < -0.39 is 0 Å². The third-order valence-electron chi connectivity index (χ3n) is 5.80. The zero-order valence-electron chi connectivity index (χ0n) is 16.9. The van der Waals surface area contributed by atoms with Crippen molar-refractivity contribution in [2.45, 2.75) is 31.6 Å². The van der Waals surface area contributed by atoms with Crippen LogP contribution in [0.3, 0.4) is 0 Å². The lowest BCUT2D eigenvalue weighted by Crippen LogP contribution is -2.36. The van der Waals surface area contributed by atoms with Gasteiger partial charge in [-0.25, -0.2) is 4.98 Å². The number of nitrogens with one attached hydrogen (secondary N) is 2. The number of ketones is 1. The van der Waals surface area contributed by atoms with Crippen LogP contribution in [0.1, 0.15) is 42.0 Å². The molecule has 156 valence electrons. The van der Waals surface area contributed by atoms with Crippen LogP contribution >= 0.6 is 22.7 Å². The van der Waals surface area contributed by atoms with E-state index in [9.17, 15) is 9.59 Å². The van der Waals surface area contributed by atoms with E-state index in [1.807, 2.05) is 35.9 Å². The summed E-state index contributed by atoms with van der Waals surface area (Å²) in [5.74, 6) is 0.171. The van der Waals surface area contributed by atoms with E-state index in [2.05, 4.69) is 27.1 Å². The molecule has 1 aliphatic carbocycles. The minimum Gasteiger partial charge on any atom is -0.362 e. The Morgan fingerprint density at radius 1 is 1.16 bits per heavy atom. The fourth-order valence-electron chi connectivity index (χ4n) is 4.46. The quantitative estimate of drug-likeness (QED) is 0.576. The van der Waals surface area contributed by atoms with Gasteiger partial charge in [-0.3, -0.25) is 9.59 Å². The Morgan fingerprint density at radius 2 is 2.06 bits per heavy atom. The SMILES string of the molecule is CC1=C(C(=O)Nc2ccccn2)C(c2ccsc2)C2=C(CC(c3cccs3)CC2=O)N1. The molecule has 1 amide bonds. The van der Waals surface area contributed by atoms with Gasteiger partial charge in [0.2, 0.25) is 0 Å². The molecule has 2 unspecified atom stereocenters. The summed E-state index contributed by atoms with van der Waals surface area (Å²) < 4.78 is 0. The number of hydrogen-bond donors (Lipinski definition) is 2. The van der Waals surface area contributed by atoms with Gasteiger partial charge in [-0.2, -0.15) is 11.3 Å². The van der Waals surface area contributed by atoms with E-state index >= 15 is 0 Å². The van der Waals surface area contributed by atoms with Crippen molar-refractivity contribution >= 4 is 40.2 Å². The van der Waals surface area contributed by atoms with E-state index in [1.165, 1.54) is 4.88 Å². The van der Waals surface area contributed by atoms with Crippen molar-refractivity contribution in [3.63, 3.8) is 0 Å². The number of anilines is 1. The summed E-state index contributed by atoms with van der Waals surface area (Å²) >= 11 is 3.26. The summed E-state index contributed by atoms with van der Waals surface area (Å²) in [6.45, 7) is 1.91. The number of pyridine rings is 1. The molecule has 2 aliphatic rings. The predicted molar refractivity (Wildman–Crippen MR) is 124 cm³/mol. The largest absolute Gasteiger partial charge is 0.362 e. The third-order valence-corrected chi connectivity index (χ3v) is 7.54. The minimum absolute atomic E-state index is 0.110. The topological polar surface area (TPSA) is 71.1 Å².